The number of aromatic carboxylic acids is 1. The lowest BCUT2D eigenvalue weighted by atomic mass is 9.89. The van der Waals surface area contributed by atoms with E-state index in [0.29, 0.717) is 29.2 Å². The van der Waals surface area contributed by atoms with Gasteiger partial charge in [0.2, 0.25) is 0 Å². The number of benzene rings is 3. The predicted molar refractivity (Wildman–Crippen MR) is 102 cm³/mol. The summed E-state index contributed by atoms with van der Waals surface area (Å²) in [6.45, 7) is 3.94. The van der Waals surface area contributed by atoms with Gasteiger partial charge in [-0.15, -0.1) is 0 Å². The van der Waals surface area contributed by atoms with Crippen molar-refractivity contribution in [3.05, 3.63) is 70.3 Å². The molecule has 0 saturated carbocycles. The molecule has 3 aromatic rings. The summed E-state index contributed by atoms with van der Waals surface area (Å²) in [6, 6.07) is 13.8. The SMILES string of the molecule is CCCc1c(C(=O)O)c(O)c(O)c2cc(Cc3ccccc3)c(C)cc12. The molecule has 3 N–H and O–H groups in total. The van der Waals surface area contributed by atoms with E-state index in [0.717, 1.165) is 23.1 Å². The topological polar surface area (TPSA) is 77.8 Å². The fraction of sp³-hybridized carbons (Fsp3) is 0.227. The molecular formula is C22H22O4. The molecule has 0 saturated heterocycles. The lowest BCUT2D eigenvalue weighted by molar-refractivity contribution is 0.0692. The summed E-state index contributed by atoms with van der Waals surface area (Å²) < 4.78 is 0. The molecular weight excluding hydrogens is 328 g/mol. The van der Waals surface area contributed by atoms with Gasteiger partial charge >= 0.3 is 5.97 Å². The molecule has 0 heterocycles. The van der Waals surface area contributed by atoms with Crippen LogP contribution < -0.4 is 0 Å². The Morgan fingerprint density at radius 3 is 2.31 bits per heavy atom. The Morgan fingerprint density at radius 1 is 1.00 bits per heavy atom. The van der Waals surface area contributed by atoms with Crippen LogP contribution in [-0.4, -0.2) is 21.3 Å². The third-order valence-electron chi connectivity index (χ3n) is 4.77. The van der Waals surface area contributed by atoms with Crippen molar-refractivity contribution in [1.29, 1.82) is 0 Å². The van der Waals surface area contributed by atoms with Gasteiger partial charge in [-0.3, -0.25) is 0 Å². The molecule has 4 heteroatoms. The highest BCUT2D eigenvalue weighted by atomic mass is 16.4. The second-order valence-corrected chi connectivity index (χ2v) is 6.59. The number of carboxylic acids is 1. The molecule has 0 amide bonds. The Labute approximate surface area is 152 Å². The normalized spacial score (nSPS) is 11.0. The number of aromatic hydroxyl groups is 2. The summed E-state index contributed by atoms with van der Waals surface area (Å²) in [6.07, 6.45) is 1.96. The van der Waals surface area contributed by atoms with Gasteiger partial charge in [-0.2, -0.15) is 0 Å². The van der Waals surface area contributed by atoms with Crippen molar-refractivity contribution >= 4 is 16.7 Å². The summed E-state index contributed by atoms with van der Waals surface area (Å²) in [5, 5.41) is 31.4. The number of aryl methyl sites for hydroxylation is 2. The molecule has 0 fully saturated rings. The zero-order valence-electron chi connectivity index (χ0n) is 14.9. The lowest BCUT2D eigenvalue weighted by Gasteiger charge is -2.16. The van der Waals surface area contributed by atoms with Crippen molar-refractivity contribution in [3.63, 3.8) is 0 Å². The molecule has 4 nitrogen and oxygen atoms in total. The molecule has 3 aromatic carbocycles. The molecule has 0 atom stereocenters. The molecule has 0 spiro atoms. The van der Waals surface area contributed by atoms with Crippen LogP contribution in [0.3, 0.4) is 0 Å². The second-order valence-electron chi connectivity index (χ2n) is 6.59. The summed E-state index contributed by atoms with van der Waals surface area (Å²) in [7, 11) is 0. The molecule has 0 bridgehead atoms. The van der Waals surface area contributed by atoms with Crippen molar-refractivity contribution in [2.75, 3.05) is 0 Å². The quantitative estimate of drug-likeness (QED) is 0.578. The molecule has 0 unspecified atom stereocenters. The molecule has 0 aliphatic heterocycles. The van der Waals surface area contributed by atoms with E-state index in [4.69, 9.17) is 0 Å². The van der Waals surface area contributed by atoms with E-state index in [2.05, 4.69) is 0 Å². The van der Waals surface area contributed by atoms with Crippen LogP contribution in [0.15, 0.2) is 42.5 Å². The van der Waals surface area contributed by atoms with E-state index in [1.807, 2.05) is 56.3 Å². The number of carbonyl (C=O) groups is 1. The first-order valence-corrected chi connectivity index (χ1v) is 8.71. The maximum Gasteiger partial charge on any atom is 0.339 e. The van der Waals surface area contributed by atoms with Gasteiger partial charge in [0.25, 0.3) is 0 Å². The molecule has 134 valence electrons. The number of fused-ring (bicyclic) bond motifs is 1. The second kappa shape index (κ2) is 7.08. The Kier molecular flexibility index (Phi) is 4.85. The van der Waals surface area contributed by atoms with Crippen molar-refractivity contribution in [2.24, 2.45) is 0 Å². The van der Waals surface area contributed by atoms with Crippen LogP contribution in [0.2, 0.25) is 0 Å². The number of rotatable bonds is 5. The highest BCUT2D eigenvalue weighted by molar-refractivity contribution is 6.04. The highest BCUT2D eigenvalue weighted by Crippen LogP contribution is 2.42. The van der Waals surface area contributed by atoms with Crippen molar-refractivity contribution < 1.29 is 20.1 Å². The average molecular weight is 350 g/mol. The van der Waals surface area contributed by atoms with Gasteiger partial charge in [0, 0.05) is 5.39 Å². The number of hydrogen-bond donors (Lipinski definition) is 3. The molecule has 0 aliphatic carbocycles. The number of hydrogen-bond acceptors (Lipinski definition) is 3. The van der Waals surface area contributed by atoms with Gasteiger partial charge in [0.15, 0.2) is 11.5 Å². The average Bonchev–Trinajstić information content (AvgIpc) is 2.61. The van der Waals surface area contributed by atoms with Crippen LogP contribution in [-0.2, 0) is 12.8 Å². The Bertz CT molecular complexity index is 975. The minimum Gasteiger partial charge on any atom is -0.504 e. The minimum absolute atomic E-state index is 0.202. The van der Waals surface area contributed by atoms with Crippen LogP contribution in [0.1, 0.15) is 46.0 Å². The van der Waals surface area contributed by atoms with Crippen molar-refractivity contribution in [1.82, 2.24) is 0 Å². The van der Waals surface area contributed by atoms with Gasteiger partial charge in [0.1, 0.15) is 5.56 Å². The van der Waals surface area contributed by atoms with Crippen molar-refractivity contribution in [2.45, 2.75) is 33.1 Å². The number of phenols is 2. The van der Waals surface area contributed by atoms with E-state index in [1.165, 1.54) is 0 Å². The smallest absolute Gasteiger partial charge is 0.339 e. The fourth-order valence-electron chi connectivity index (χ4n) is 3.47. The van der Waals surface area contributed by atoms with Gasteiger partial charge in [-0.05, 0) is 53.5 Å². The van der Waals surface area contributed by atoms with Crippen LogP contribution in [0.5, 0.6) is 11.5 Å². The minimum atomic E-state index is -1.23. The Morgan fingerprint density at radius 2 is 1.69 bits per heavy atom. The van der Waals surface area contributed by atoms with Crippen LogP contribution in [0.4, 0.5) is 0 Å². The van der Waals surface area contributed by atoms with Crippen LogP contribution >= 0.6 is 0 Å². The summed E-state index contributed by atoms with van der Waals surface area (Å²) in [5.41, 5.74) is 3.57. The van der Waals surface area contributed by atoms with Gasteiger partial charge < -0.3 is 15.3 Å². The summed E-state index contributed by atoms with van der Waals surface area (Å²) in [4.78, 5) is 11.6. The van der Waals surface area contributed by atoms with Gasteiger partial charge in [-0.25, -0.2) is 4.79 Å². The van der Waals surface area contributed by atoms with Crippen LogP contribution in [0.25, 0.3) is 10.8 Å². The first-order valence-electron chi connectivity index (χ1n) is 8.71. The molecule has 26 heavy (non-hydrogen) atoms. The molecule has 0 aliphatic rings. The monoisotopic (exact) mass is 350 g/mol. The van der Waals surface area contributed by atoms with Crippen LogP contribution in [0, 0.1) is 6.92 Å². The number of carboxylic acid groups (broad SMARTS) is 1. The maximum atomic E-state index is 11.6. The summed E-state index contributed by atoms with van der Waals surface area (Å²) in [5.74, 6) is -2.15. The molecule has 3 rings (SSSR count). The maximum absolute atomic E-state index is 11.6. The van der Waals surface area contributed by atoms with E-state index in [9.17, 15) is 20.1 Å². The van der Waals surface area contributed by atoms with Gasteiger partial charge in [-0.1, -0.05) is 49.7 Å². The van der Waals surface area contributed by atoms with Crippen molar-refractivity contribution in [3.8, 4) is 11.5 Å². The van der Waals surface area contributed by atoms with Gasteiger partial charge in [0.05, 0.1) is 0 Å². The predicted octanol–water partition coefficient (Wildman–Crippen LogP) is 4.80. The van der Waals surface area contributed by atoms with E-state index >= 15 is 0 Å². The van der Waals surface area contributed by atoms with E-state index in [1.54, 1.807) is 0 Å². The Balaban J connectivity index is 2.25. The van der Waals surface area contributed by atoms with E-state index < -0.39 is 11.7 Å². The first-order chi connectivity index (χ1) is 12.4. The highest BCUT2D eigenvalue weighted by Gasteiger charge is 2.23. The number of phenolic OH excluding ortho intramolecular Hbond substituents is 1. The summed E-state index contributed by atoms with van der Waals surface area (Å²) >= 11 is 0. The Hall–Kier alpha value is -3.01. The first kappa shape index (κ1) is 17.8. The molecule has 0 radical (unpaired) electrons. The standard InChI is InChI=1S/C22H22O4/c1-3-7-16-17-10-13(2)15(11-14-8-5-4-6-9-14)12-18(17)20(23)21(24)19(16)22(25)26/h4-6,8-10,12,23-24H,3,7,11H2,1-2H3,(H,25,26). The third-order valence-corrected chi connectivity index (χ3v) is 4.77. The largest absolute Gasteiger partial charge is 0.504 e. The fourth-order valence-corrected chi connectivity index (χ4v) is 3.47. The zero-order chi connectivity index (χ0) is 18.8. The zero-order valence-corrected chi connectivity index (χ0v) is 14.9. The molecule has 0 aromatic heterocycles. The third kappa shape index (κ3) is 3.10. The lowest BCUT2D eigenvalue weighted by Crippen LogP contribution is -2.05. The van der Waals surface area contributed by atoms with E-state index in [-0.39, 0.29) is 11.3 Å².